The zero-order valence-corrected chi connectivity index (χ0v) is 16.9. The van der Waals surface area contributed by atoms with Gasteiger partial charge >= 0.3 is 0 Å². The molecular weight excluding hydrogens is 389 g/mol. The number of halogens is 2. The van der Waals surface area contributed by atoms with E-state index in [4.69, 9.17) is 11.6 Å². The third kappa shape index (κ3) is 3.21. The second-order valence-electron chi connectivity index (χ2n) is 8.28. The number of nitrogens with one attached hydrogen (secondary N) is 1. The zero-order chi connectivity index (χ0) is 20.1. The highest BCUT2D eigenvalue weighted by atomic mass is 35.5. The molecule has 5 rings (SSSR count). The third-order valence-electron chi connectivity index (χ3n) is 6.75. The molecule has 0 radical (unpaired) electrons. The largest absolute Gasteiger partial charge is 0.349 e. The molecule has 2 aromatic carbocycles. The van der Waals surface area contributed by atoms with Gasteiger partial charge in [-0.25, -0.2) is 9.37 Å². The summed E-state index contributed by atoms with van der Waals surface area (Å²) in [6.07, 6.45) is 4.72. The molecule has 1 N–H and O–H groups in total. The van der Waals surface area contributed by atoms with Gasteiger partial charge in [0.2, 0.25) is 0 Å². The molecule has 1 amide bonds. The number of imidazole rings is 1. The number of carbonyl (C=O) groups excluding carboxylic acids is 1. The molecule has 150 valence electrons. The molecule has 3 unspecified atom stereocenters. The molecule has 2 aliphatic carbocycles. The Morgan fingerprint density at radius 3 is 2.66 bits per heavy atom. The highest BCUT2D eigenvalue weighted by Crippen LogP contribution is 2.62. The van der Waals surface area contributed by atoms with Crippen LogP contribution in [0.2, 0.25) is 5.02 Å². The van der Waals surface area contributed by atoms with Crippen LogP contribution in [0.15, 0.2) is 48.8 Å². The lowest BCUT2D eigenvalue weighted by Gasteiger charge is -2.22. The van der Waals surface area contributed by atoms with Crippen LogP contribution in [0, 0.1) is 23.6 Å². The Morgan fingerprint density at radius 2 is 1.97 bits per heavy atom. The summed E-state index contributed by atoms with van der Waals surface area (Å²) in [5, 5.41) is 3.84. The Bertz CT molecular complexity index is 1050. The summed E-state index contributed by atoms with van der Waals surface area (Å²) in [7, 11) is 0. The predicted octanol–water partition coefficient (Wildman–Crippen LogP) is 5.23. The predicted molar refractivity (Wildman–Crippen MR) is 111 cm³/mol. The van der Waals surface area contributed by atoms with Gasteiger partial charge in [0.05, 0.1) is 11.8 Å². The molecule has 0 saturated heterocycles. The summed E-state index contributed by atoms with van der Waals surface area (Å²) in [6.45, 7) is 2.12. The van der Waals surface area contributed by atoms with Gasteiger partial charge < -0.3 is 9.88 Å². The summed E-state index contributed by atoms with van der Waals surface area (Å²) in [6, 6.07) is 12.5. The van der Waals surface area contributed by atoms with Gasteiger partial charge in [-0.1, -0.05) is 24.6 Å². The number of nitrogens with zero attached hydrogens (tertiary/aromatic N) is 2. The second-order valence-corrected chi connectivity index (χ2v) is 8.72. The highest BCUT2D eigenvalue weighted by Gasteiger charge is 2.59. The molecule has 2 aliphatic rings. The van der Waals surface area contributed by atoms with E-state index >= 15 is 0 Å². The van der Waals surface area contributed by atoms with Crippen molar-refractivity contribution in [1.82, 2.24) is 14.9 Å². The minimum atomic E-state index is -0.209. The van der Waals surface area contributed by atoms with Gasteiger partial charge in [0.1, 0.15) is 11.3 Å². The topological polar surface area (TPSA) is 46.9 Å². The van der Waals surface area contributed by atoms with E-state index in [2.05, 4.69) is 17.2 Å². The quantitative estimate of drug-likeness (QED) is 0.624. The van der Waals surface area contributed by atoms with Crippen LogP contribution in [-0.4, -0.2) is 21.5 Å². The molecule has 6 heteroatoms. The average Bonchev–Trinajstić information content (AvgIpc) is 3.08. The molecule has 0 aliphatic heterocycles. The molecule has 1 heterocycles. The summed E-state index contributed by atoms with van der Waals surface area (Å²) in [4.78, 5) is 17.0. The first-order valence-corrected chi connectivity index (χ1v) is 10.6. The standard InChI is InChI=1S/C23H23ClFN3O/c1-2-19(27-23(29)13-6-8-14(24)9-7-13)21-16-10-15(11-17(16)21)28-12-26-20-5-3-4-18(25)22(20)28/h3-9,12,15-17,19,21H,2,10-11H2,1H3,(H,27,29)/t15?,16-,17+,19?,21?. The monoisotopic (exact) mass is 411 g/mol. The first kappa shape index (κ1) is 18.6. The lowest BCUT2D eigenvalue weighted by molar-refractivity contribution is 0.0927. The van der Waals surface area contributed by atoms with E-state index in [0.29, 0.717) is 39.4 Å². The number of rotatable bonds is 5. The Hall–Kier alpha value is -2.40. The van der Waals surface area contributed by atoms with Crippen molar-refractivity contribution < 1.29 is 9.18 Å². The summed E-state index contributed by atoms with van der Waals surface area (Å²) >= 11 is 5.91. The van der Waals surface area contributed by atoms with E-state index in [9.17, 15) is 9.18 Å². The maximum Gasteiger partial charge on any atom is 0.251 e. The number of para-hydroxylation sites is 1. The van der Waals surface area contributed by atoms with Gasteiger partial charge in [0.15, 0.2) is 0 Å². The number of hydrogen-bond donors (Lipinski definition) is 1. The minimum absolute atomic E-state index is 0.0438. The van der Waals surface area contributed by atoms with Gasteiger partial charge in [-0.05, 0) is 73.4 Å². The van der Waals surface area contributed by atoms with Crippen molar-refractivity contribution in [3.05, 3.63) is 65.2 Å². The summed E-state index contributed by atoms with van der Waals surface area (Å²) in [5.41, 5.74) is 1.96. The average molecular weight is 412 g/mol. The Balaban J connectivity index is 1.26. The number of carbonyl (C=O) groups is 1. The van der Waals surface area contributed by atoms with Crippen molar-refractivity contribution in [3.8, 4) is 0 Å². The van der Waals surface area contributed by atoms with Crippen molar-refractivity contribution >= 4 is 28.5 Å². The van der Waals surface area contributed by atoms with E-state index in [0.717, 1.165) is 19.3 Å². The molecule has 0 spiro atoms. The van der Waals surface area contributed by atoms with Crippen molar-refractivity contribution in [2.24, 2.45) is 17.8 Å². The van der Waals surface area contributed by atoms with Crippen LogP contribution >= 0.6 is 11.6 Å². The Labute approximate surface area is 174 Å². The van der Waals surface area contributed by atoms with Crippen molar-refractivity contribution in [2.45, 2.75) is 38.3 Å². The Morgan fingerprint density at radius 1 is 1.24 bits per heavy atom. The molecule has 3 aromatic rings. The first-order chi connectivity index (χ1) is 14.1. The van der Waals surface area contributed by atoms with Crippen LogP contribution in [-0.2, 0) is 0 Å². The minimum Gasteiger partial charge on any atom is -0.349 e. The second kappa shape index (κ2) is 7.13. The first-order valence-electron chi connectivity index (χ1n) is 10.2. The summed E-state index contributed by atoms with van der Waals surface area (Å²) in [5.74, 6) is 1.42. The lowest BCUT2D eigenvalue weighted by atomic mass is 9.98. The number of benzene rings is 2. The fraction of sp³-hybridized carbons (Fsp3) is 0.391. The number of amides is 1. The van der Waals surface area contributed by atoms with E-state index in [1.165, 1.54) is 6.07 Å². The maximum atomic E-state index is 14.3. The van der Waals surface area contributed by atoms with Crippen LogP contribution in [0.25, 0.3) is 11.0 Å². The van der Waals surface area contributed by atoms with Crippen molar-refractivity contribution in [1.29, 1.82) is 0 Å². The molecule has 2 fully saturated rings. The van der Waals surface area contributed by atoms with Crippen LogP contribution < -0.4 is 5.32 Å². The molecule has 2 saturated carbocycles. The van der Waals surface area contributed by atoms with E-state index in [-0.39, 0.29) is 23.8 Å². The van der Waals surface area contributed by atoms with Crippen molar-refractivity contribution in [2.75, 3.05) is 0 Å². The fourth-order valence-corrected chi connectivity index (χ4v) is 5.46. The van der Waals surface area contributed by atoms with Crippen LogP contribution in [0.5, 0.6) is 0 Å². The van der Waals surface area contributed by atoms with Crippen LogP contribution in [0.4, 0.5) is 4.39 Å². The normalized spacial score (nSPS) is 26.3. The fourth-order valence-electron chi connectivity index (χ4n) is 5.33. The number of aromatic nitrogens is 2. The van der Waals surface area contributed by atoms with Gasteiger partial charge in [0, 0.05) is 22.7 Å². The lowest BCUT2D eigenvalue weighted by Crippen LogP contribution is -2.37. The molecule has 1 aromatic heterocycles. The number of fused-ring (bicyclic) bond motifs is 2. The molecule has 0 bridgehead atoms. The zero-order valence-electron chi connectivity index (χ0n) is 16.2. The maximum absolute atomic E-state index is 14.3. The highest BCUT2D eigenvalue weighted by molar-refractivity contribution is 6.30. The molecule has 5 atom stereocenters. The van der Waals surface area contributed by atoms with Crippen molar-refractivity contribution in [3.63, 3.8) is 0 Å². The van der Waals surface area contributed by atoms with Gasteiger partial charge in [-0.3, -0.25) is 4.79 Å². The van der Waals surface area contributed by atoms with Gasteiger partial charge in [0.25, 0.3) is 5.91 Å². The Kier molecular flexibility index (Phi) is 4.58. The molecular formula is C23H23ClFN3O. The number of hydrogen-bond acceptors (Lipinski definition) is 2. The van der Waals surface area contributed by atoms with E-state index in [1.54, 1.807) is 36.7 Å². The van der Waals surface area contributed by atoms with Crippen LogP contribution in [0.1, 0.15) is 42.6 Å². The van der Waals surface area contributed by atoms with E-state index < -0.39 is 0 Å². The molecule has 4 nitrogen and oxygen atoms in total. The third-order valence-corrected chi connectivity index (χ3v) is 7.00. The van der Waals surface area contributed by atoms with Gasteiger partial charge in [-0.2, -0.15) is 0 Å². The van der Waals surface area contributed by atoms with Crippen LogP contribution in [0.3, 0.4) is 0 Å². The van der Waals surface area contributed by atoms with Gasteiger partial charge in [-0.15, -0.1) is 0 Å². The SMILES string of the molecule is CCC(NC(=O)c1ccc(Cl)cc1)C1[C@H]2CC(n3cnc4cccc(F)c43)C[C@@H]12. The molecule has 29 heavy (non-hydrogen) atoms. The smallest absolute Gasteiger partial charge is 0.251 e. The summed E-state index contributed by atoms with van der Waals surface area (Å²) < 4.78 is 16.3. The van der Waals surface area contributed by atoms with E-state index in [1.807, 2.05) is 10.6 Å².